The van der Waals surface area contributed by atoms with Crippen LogP contribution in [0.4, 0.5) is 0 Å². The Hall–Kier alpha value is -1.52. The first-order valence-corrected chi connectivity index (χ1v) is 6.82. The molecule has 0 aromatic heterocycles. The molecule has 0 radical (unpaired) electrons. The minimum absolute atomic E-state index is 0.254. The molecule has 0 amide bonds. The molecule has 0 saturated heterocycles. The topological polar surface area (TPSA) is 41.5 Å². The van der Waals surface area contributed by atoms with Crippen LogP contribution in [-0.4, -0.2) is 12.2 Å². The van der Waals surface area contributed by atoms with Crippen LogP contribution in [0.15, 0.2) is 46.9 Å². The number of nitrogens with one attached hydrogen (secondary N) is 1. The fourth-order valence-corrected chi connectivity index (χ4v) is 2.32. The Morgan fingerprint density at radius 1 is 1.16 bits per heavy atom. The summed E-state index contributed by atoms with van der Waals surface area (Å²) in [6.45, 7) is 1.25. The summed E-state index contributed by atoms with van der Waals surface area (Å²) in [6, 6.07) is 13.1. The summed E-state index contributed by atoms with van der Waals surface area (Å²) in [5, 5.41) is 12.5. The number of ether oxygens (including phenoxy) is 1. The second-order valence-corrected chi connectivity index (χ2v) is 5.11. The van der Waals surface area contributed by atoms with Crippen LogP contribution in [0.3, 0.4) is 0 Å². The molecule has 2 aromatic carbocycles. The van der Waals surface area contributed by atoms with Gasteiger partial charge in [-0.15, -0.1) is 0 Å². The van der Waals surface area contributed by atoms with Crippen molar-refractivity contribution >= 4 is 15.9 Å². The first kappa shape index (κ1) is 13.9. The van der Waals surface area contributed by atoms with Gasteiger partial charge in [-0.05, 0) is 58.4 Å². The quantitative estimate of drug-likeness (QED) is 0.886. The molecule has 4 heteroatoms. The van der Waals surface area contributed by atoms with Crippen molar-refractivity contribution in [1.82, 2.24) is 5.32 Å². The number of phenolic OH excluding ortho intramolecular Hbond substituents is 1. The van der Waals surface area contributed by atoms with Crippen molar-refractivity contribution in [2.75, 3.05) is 7.05 Å². The molecule has 3 nitrogen and oxygen atoms in total. The molecule has 0 aliphatic heterocycles. The first-order valence-electron chi connectivity index (χ1n) is 6.03. The highest BCUT2D eigenvalue weighted by Gasteiger charge is 2.03. The summed E-state index contributed by atoms with van der Waals surface area (Å²) in [7, 11) is 1.92. The monoisotopic (exact) mass is 321 g/mol. The number of hydrogen-bond donors (Lipinski definition) is 2. The minimum Gasteiger partial charge on any atom is -0.508 e. The third-order valence-electron chi connectivity index (χ3n) is 2.68. The normalized spacial score (nSPS) is 10.4. The van der Waals surface area contributed by atoms with Crippen molar-refractivity contribution in [2.45, 2.75) is 13.2 Å². The van der Waals surface area contributed by atoms with Gasteiger partial charge in [0.2, 0.25) is 0 Å². The summed E-state index contributed by atoms with van der Waals surface area (Å²) in [4.78, 5) is 0. The molecule has 0 aliphatic rings. The van der Waals surface area contributed by atoms with E-state index in [2.05, 4.69) is 21.2 Å². The van der Waals surface area contributed by atoms with Gasteiger partial charge in [-0.3, -0.25) is 0 Å². The molecule has 19 heavy (non-hydrogen) atoms. The van der Waals surface area contributed by atoms with E-state index in [0.717, 1.165) is 22.3 Å². The van der Waals surface area contributed by atoms with E-state index >= 15 is 0 Å². The van der Waals surface area contributed by atoms with E-state index in [1.165, 1.54) is 5.56 Å². The molecular formula is C15H16BrNO2. The van der Waals surface area contributed by atoms with Gasteiger partial charge in [-0.1, -0.05) is 18.2 Å². The Morgan fingerprint density at radius 3 is 2.68 bits per heavy atom. The summed E-state index contributed by atoms with van der Waals surface area (Å²) in [5.74, 6) is 1.05. The molecule has 0 aliphatic carbocycles. The average Bonchev–Trinajstić information content (AvgIpc) is 2.38. The number of rotatable bonds is 5. The molecule has 0 atom stereocenters. The van der Waals surface area contributed by atoms with Gasteiger partial charge in [0.1, 0.15) is 18.1 Å². The highest BCUT2D eigenvalue weighted by Crippen LogP contribution is 2.27. The predicted octanol–water partition coefficient (Wildman–Crippen LogP) is 3.45. The van der Waals surface area contributed by atoms with Crippen molar-refractivity contribution in [3.8, 4) is 11.5 Å². The molecule has 0 fully saturated rings. The largest absolute Gasteiger partial charge is 0.508 e. The Morgan fingerprint density at radius 2 is 2.00 bits per heavy atom. The van der Waals surface area contributed by atoms with Gasteiger partial charge in [-0.25, -0.2) is 0 Å². The predicted molar refractivity (Wildman–Crippen MR) is 79.3 cm³/mol. The molecule has 2 aromatic rings. The van der Waals surface area contributed by atoms with Crippen LogP contribution in [0.5, 0.6) is 11.5 Å². The summed E-state index contributed by atoms with van der Waals surface area (Å²) < 4.78 is 6.66. The van der Waals surface area contributed by atoms with Crippen LogP contribution in [0, 0.1) is 0 Å². The van der Waals surface area contributed by atoms with Gasteiger partial charge in [-0.2, -0.15) is 0 Å². The Balaban J connectivity index is 2.03. The SMILES string of the molecule is CNCc1ccc(OCc2cccc(O)c2)c(Br)c1. The van der Waals surface area contributed by atoms with Crippen molar-refractivity contribution < 1.29 is 9.84 Å². The van der Waals surface area contributed by atoms with Gasteiger partial charge in [0.25, 0.3) is 0 Å². The zero-order valence-corrected chi connectivity index (χ0v) is 12.3. The van der Waals surface area contributed by atoms with Crippen LogP contribution in [0.1, 0.15) is 11.1 Å². The van der Waals surface area contributed by atoms with Crippen molar-refractivity contribution in [2.24, 2.45) is 0 Å². The standard InChI is InChI=1S/C15H16BrNO2/c1-17-9-11-5-6-15(14(16)8-11)19-10-12-3-2-4-13(18)7-12/h2-8,17-18H,9-10H2,1H3. The number of phenols is 1. The molecule has 0 bridgehead atoms. The van der Waals surface area contributed by atoms with Gasteiger partial charge in [0, 0.05) is 6.54 Å². The maximum absolute atomic E-state index is 9.39. The number of benzene rings is 2. The molecule has 100 valence electrons. The first-order chi connectivity index (χ1) is 9.19. The maximum Gasteiger partial charge on any atom is 0.134 e. The number of halogens is 1. The lowest BCUT2D eigenvalue weighted by molar-refractivity contribution is 0.303. The molecule has 0 heterocycles. The van der Waals surface area contributed by atoms with Crippen LogP contribution >= 0.6 is 15.9 Å². The number of aromatic hydroxyl groups is 1. The van der Waals surface area contributed by atoms with Gasteiger partial charge >= 0.3 is 0 Å². The van der Waals surface area contributed by atoms with Crippen LogP contribution in [0.2, 0.25) is 0 Å². The smallest absolute Gasteiger partial charge is 0.134 e. The minimum atomic E-state index is 0.254. The third kappa shape index (κ3) is 3.98. The zero-order chi connectivity index (χ0) is 13.7. The lowest BCUT2D eigenvalue weighted by Crippen LogP contribution is -2.05. The van der Waals surface area contributed by atoms with E-state index in [1.54, 1.807) is 18.2 Å². The lowest BCUT2D eigenvalue weighted by Gasteiger charge is -2.10. The van der Waals surface area contributed by atoms with E-state index in [9.17, 15) is 5.11 Å². The molecular weight excluding hydrogens is 306 g/mol. The van der Waals surface area contributed by atoms with E-state index in [0.29, 0.717) is 6.61 Å². The molecule has 2 rings (SSSR count). The summed E-state index contributed by atoms with van der Waals surface area (Å²) in [6.07, 6.45) is 0. The number of hydrogen-bond acceptors (Lipinski definition) is 3. The maximum atomic E-state index is 9.39. The van der Waals surface area contributed by atoms with Gasteiger partial charge in [0.05, 0.1) is 4.47 Å². The van der Waals surface area contributed by atoms with Gasteiger partial charge in [0.15, 0.2) is 0 Å². The van der Waals surface area contributed by atoms with Crippen LogP contribution in [-0.2, 0) is 13.2 Å². The van der Waals surface area contributed by atoms with E-state index in [4.69, 9.17) is 4.74 Å². The van der Waals surface area contributed by atoms with E-state index in [1.807, 2.05) is 31.3 Å². The van der Waals surface area contributed by atoms with E-state index in [-0.39, 0.29) is 5.75 Å². The highest BCUT2D eigenvalue weighted by atomic mass is 79.9. The molecule has 0 saturated carbocycles. The Bertz CT molecular complexity index is 558. The average molecular weight is 322 g/mol. The fourth-order valence-electron chi connectivity index (χ4n) is 1.78. The molecule has 2 N–H and O–H groups in total. The van der Waals surface area contributed by atoms with E-state index < -0.39 is 0 Å². The zero-order valence-electron chi connectivity index (χ0n) is 10.7. The Labute approximate surface area is 121 Å². The van der Waals surface area contributed by atoms with Crippen LogP contribution in [0.25, 0.3) is 0 Å². The van der Waals surface area contributed by atoms with Crippen molar-refractivity contribution in [3.63, 3.8) is 0 Å². The summed E-state index contributed by atoms with van der Waals surface area (Å²) in [5.41, 5.74) is 2.13. The molecule has 0 spiro atoms. The van der Waals surface area contributed by atoms with Gasteiger partial charge < -0.3 is 15.2 Å². The second-order valence-electron chi connectivity index (χ2n) is 4.25. The fraction of sp³-hybridized carbons (Fsp3) is 0.200. The third-order valence-corrected chi connectivity index (χ3v) is 3.30. The van der Waals surface area contributed by atoms with Crippen molar-refractivity contribution in [1.29, 1.82) is 0 Å². The lowest BCUT2D eigenvalue weighted by atomic mass is 10.2. The second kappa shape index (κ2) is 6.59. The highest BCUT2D eigenvalue weighted by molar-refractivity contribution is 9.10. The van der Waals surface area contributed by atoms with Crippen LogP contribution < -0.4 is 10.1 Å². The molecule has 0 unspecified atom stereocenters. The Kier molecular flexibility index (Phi) is 4.82. The van der Waals surface area contributed by atoms with Crippen molar-refractivity contribution in [3.05, 3.63) is 58.1 Å². The summed E-state index contributed by atoms with van der Waals surface area (Å²) >= 11 is 3.50.